The van der Waals surface area contributed by atoms with E-state index in [2.05, 4.69) is 0 Å². The molecule has 0 saturated heterocycles. The van der Waals surface area contributed by atoms with Crippen LogP contribution in [0, 0.1) is 0 Å². The standard InChI is InChI=1S/C14H19ClN2O/c1-10(12-4-2-3-5-13(12)15)17(11-6-7-11)14(18)8-9-16/h2-5,10-11H,6-9,16H2,1H3. The van der Waals surface area contributed by atoms with E-state index in [9.17, 15) is 4.79 Å². The zero-order chi connectivity index (χ0) is 13.1. The highest BCUT2D eigenvalue weighted by atomic mass is 35.5. The highest BCUT2D eigenvalue weighted by Gasteiger charge is 2.36. The summed E-state index contributed by atoms with van der Waals surface area (Å²) >= 11 is 6.21. The molecule has 3 nitrogen and oxygen atoms in total. The summed E-state index contributed by atoms with van der Waals surface area (Å²) in [5.41, 5.74) is 6.49. The Bertz CT molecular complexity index is 432. The van der Waals surface area contributed by atoms with Crippen molar-refractivity contribution in [2.45, 2.75) is 38.3 Å². The predicted molar refractivity (Wildman–Crippen MR) is 73.4 cm³/mol. The van der Waals surface area contributed by atoms with Crippen molar-refractivity contribution < 1.29 is 4.79 Å². The van der Waals surface area contributed by atoms with Gasteiger partial charge < -0.3 is 10.6 Å². The number of amides is 1. The predicted octanol–water partition coefficient (Wildman–Crippen LogP) is 2.74. The zero-order valence-corrected chi connectivity index (χ0v) is 11.4. The van der Waals surface area contributed by atoms with E-state index in [1.165, 1.54) is 0 Å². The third kappa shape index (κ3) is 2.85. The summed E-state index contributed by atoms with van der Waals surface area (Å²) in [5.74, 6) is 0.132. The first-order chi connectivity index (χ1) is 8.65. The van der Waals surface area contributed by atoms with Crippen molar-refractivity contribution in [3.05, 3.63) is 34.9 Å². The Morgan fingerprint density at radius 1 is 1.50 bits per heavy atom. The van der Waals surface area contributed by atoms with Crippen LogP contribution in [0.5, 0.6) is 0 Å². The van der Waals surface area contributed by atoms with E-state index in [0.717, 1.165) is 23.4 Å². The van der Waals surface area contributed by atoms with E-state index in [1.807, 2.05) is 36.1 Å². The minimum absolute atomic E-state index is 0.0187. The van der Waals surface area contributed by atoms with Gasteiger partial charge in [0.05, 0.1) is 6.04 Å². The summed E-state index contributed by atoms with van der Waals surface area (Å²) in [6.45, 7) is 2.44. The summed E-state index contributed by atoms with van der Waals surface area (Å²) in [5, 5.41) is 0.719. The molecule has 0 radical (unpaired) electrons. The Kier molecular flexibility index (Phi) is 4.25. The minimum Gasteiger partial charge on any atom is -0.333 e. The minimum atomic E-state index is 0.0187. The van der Waals surface area contributed by atoms with E-state index < -0.39 is 0 Å². The lowest BCUT2D eigenvalue weighted by Gasteiger charge is -2.30. The second kappa shape index (κ2) is 5.72. The molecular formula is C14H19ClN2O. The van der Waals surface area contributed by atoms with Crippen LogP contribution in [0.3, 0.4) is 0 Å². The summed E-state index contributed by atoms with van der Waals surface area (Å²) in [6.07, 6.45) is 2.58. The fourth-order valence-corrected chi connectivity index (χ4v) is 2.60. The third-order valence-corrected chi connectivity index (χ3v) is 3.70. The lowest BCUT2D eigenvalue weighted by Crippen LogP contribution is -2.36. The number of rotatable bonds is 5. The van der Waals surface area contributed by atoms with Crippen LogP contribution in [-0.4, -0.2) is 23.4 Å². The van der Waals surface area contributed by atoms with Gasteiger partial charge in [0.25, 0.3) is 0 Å². The molecule has 4 heteroatoms. The maximum Gasteiger partial charge on any atom is 0.224 e. The molecule has 2 rings (SSSR count). The van der Waals surface area contributed by atoms with E-state index in [0.29, 0.717) is 19.0 Å². The molecule has 0 heterocycles. The van der Waals surface area contributed by atoms with Crippen LogP contribution in [0.25, 0.3) is 0 Å². The summed E-state index contributed by atoms with van der Waals surface area (Å²) in [4.78, 5) is 14.1. The molecule has 0 aliphatic heterocycles. The van der Waals surface area contributed by atoms with Gasteiger partial charge in [-0.2, -0.15) is 0 Å². The Hall–Kier alpha value is -1.06. The van der Waals surface area contributed by atoms with Gasteiger partial charge in [-0.05, 0) is 31.4 Å². The van der Waals surface area contributed by atoms with Gasteiger partial charge in [-0.15, -0.1) is 0 Å². The molecule has 0 aromatic heterocycles. The largest absolute Gasteiger partial charge is 0.333 e. The number of nitrogens with two attached hydrogens (primary N) is 1. The normalized spacial score (nSPS) is 16.4. The van der Waals surface area contributed by atoms with Crippen molar-refractivity contribution in [2.24, 2.45) is 5.73 Å². The molecule has 1 aliphatic rings. The van der Waals surface area contributed by atoms with Crippen LogP contribution in [0.4, 0.5) is 0 Å². The molecule has 0 bridgehead atoms. The Balaban J connectivity index is 2.21. The number of benzene rings is 1. The average Bonchev–Trinajstić information content (AvgIpc) is 3.14. The second-order valence-corrected chi connectivity index (χ2v) is 5.18. The second-order valence-electron chi connectivity index (χ2n) is 4.77. The van der Waals surface area contributed by atoms with Gasteiger partial charge in [0, 0.05) is 24.0 Å². The van der Waals surface area contributed by atoms with Crippen molar-refractivity contribution in [2.75, 3.05) is 6.54 Å². The molecular weight excluding hydrogens is 248 g/mol. The maximum absolute atomic E-state index is 12.2. The quantitative estimate of drug-likeness (QED) is 0.891. The molecule has 1 fully saturated rings. The fourth-order valence-electron chi connectivity index (χ4n) is 2.30. The number of carbonyl (C=O) groups is 1. The van der Waals surface area contributed by atoms with Crippen LogP contribution in [-0.2, 0) is 4.79 Å². The van der Waals surface area contributed by atoms with Crippen molar-refractivity contribution in [3.63, 3.8) is 0 Å². The zero-order valence-electron chi connectivity index (χ0n) is 10.6. The molecule has 1 unspecified atom stereocenters. The highest BCUT2D eigenvalue weighted by Crippen LogP contribution is 2.36. The monoisotopic (exact) mass is 266 g/mol. The first-order valence-corrected chi connectivity index (χ1v) is 6.78. The highest BCUT2D eigenvalue weighted by molar-refractivity contribution is 6.31. The fraction of sp³-hybridized carbons (Fsp3) is 0.500. The van der Waals surface area contributed by atoms with E-state index in [4.69, 9.17) is 17.3 Å². The van der Waals surface area contributed by atoms with Crippen LogP contribution in [0.15, 0.2) is 24.3 Å². The van der Waals surface area contributed by atoms with Crippen molar-refractivity contribution in [1.82, 2.24) is 4.90 Å². The lowest BCUT2D eigenvalue weighted by molar-refractivity contribution is -0.133. The summed E-state index contributed by atoms with van der Waals surface area (Å²) in [6, 6.07) is 8.10. The van der Waals surface area contributed by atoms with E-state index in [-0.39, 0.29) is 11.9 Å². The van der Waals surface area contributed by atoms with Gasteiger partial charge in [0.1, 0.15) is 0 Å². The number of hydrogen-bond donors (Lipinski definition) is 1. The van der Waals surface area contributed by atoms with Gasteiger partial charge in [-0.3, -0.25) is 4.79 Å². The maximum atomic E-state index is 12.2. The molecule has 2 N–H and O–H groups in total. The van der Waals surface area contributed by atoms with Crippen LogP contribution in [0.1, 0.15) is 37.8 Å². The smallest absolute Gasteiger partial charge is 0.224 e. The van der Waals surface area contributed by atoms with Crippen molar-refractivity contribution in [1.29, 1.82) is 0 Å². The summed E-state index contributed by atoms with van der Waals surface area (Å²) < 4.78 is 0. The molecule has 1 saturated carbocycles. The lowest BCUT2D eigenvalue weighted by atomic mass is 10.1. The van der Waals surface area contributed by atoms with Crippen molar-refractivity contribution >= 4 is 17.5 Å². The van der Waals surface area contributed by atoms with Crippen LogP contribution >= 0.6 is 11.6 Å². The molecule has 0 spiro atoms. The molecule has 1 amide bonds. The topological polar surface area (TPSA) is 46.3 Å². The van der Waals surface area contributed by atoms with Gasteiger partial charge in [-0.1, -0.05) is 29.8 Å². The Morgan fingerprint density at radius 3 is 2.72 bits per heavy atom. The average molecular weight is 267 g/mol. The number of halogens is 1. The van der Waals surface area contributed by atoms with Crippen LogP contribution in [0.2, 0.25) is 5.02 Å². The van der Waals surface area contributed by atoms with Gasteiger partial charge in [0.15, 0.2) is 0 Å². The molecule has 98 valence electrons. The number of nitrogens with zero attached hydrogens (tertiary/aromatic N) is 1. The van der Waals surface area contributed by atoms with Crippen LogP contribution < -0.4 is 5.73 Å². The first-order valence-electron chi connectivity index (χ1n) is 6.40. The molecule has 1 aromatic rings. The molecule has 18 heavy (non-hydrogen) atoms. The van der Waals surface area contributed by atoms with Crippen molar-refractivity contribution in [3.8, 4) is 0 Å². The Labute approximate surface area is 113 Å². The Morgan fingerprint density at radius 2 is 2.17 bits per heavy atom. The number of carbonyl (C=O) groups excluding carboxylic acids is 1. The van der Waals surface area contributed by atoms with Gasteiger partial charge in [0.2, 0.25) is 5.91 Å². The first kappa shape index (κ1) is 13.4. The summed E-state index contributed by atoms with van der Waals surface area (Å²) in [7, 11) is 0. The third-order valence-electron chi connectivity index (χ3n) is 3.36. The SMILES string of the molecule is CC(c1ccccc1Cl)N(C(=O)CCN)C1CC1. The van der Waals surface area contributed by atoms with E-state index in [1.54, 1.807) is 0 Å². The molecule has 1 aromatic carbocycles. The van der Waals surface area contributed by atoms with Gasteiger partial charge >= 0.3 is 0 Å². The van der Waals surface area contributed by atoms with Gasteiger partial charge in [-0.25, -0.2) is 0 Å². The molecule has 1 aliphatic carbocycles. The molecule has 1 atom stereocenters. The van der Waals surface area contributed by atoms with E-state index >= 15 is 0 Å². The number of hydrogen-bond acceptors (Lipinski definition) is 2.